The molecule has 0 saturated carbocycles. The van der Waals surface area contributed by atoms with Gasteiger partial charge in [-0.3, -0.25) is 4.79 Å². The van der Waals surface area contributed by atoms with E-state index in [2.05, 4.69) is 9.46 Å². The molecule has 106 valence electrons. The van der Waals surface area contributed by atoms with Crippen molar-refractivity contribution >= 4 is 39.5 Å². The normalized spacial score (nSPS) is 20.6. The van der Waals surface area contributed by atoms with Crippen LogP contribution in [0.3, 0.4) is 0 Å². The van der Waals surface area contributed by atoms with E-state index in [0.717, 1.165) is 17.3 Å². The van der Waals surface area contributed by atoms with Crippen molar-refractivity contribution in [1.82, 2.24) is 4.72 Å². The van der Waals surface area contributed by atoms with Gasteiger partial charge < -0.3 is 4.74 Å². The summed E-state index contributed by atoms with van der Waals surface area (Å²) in [5, 5.41) is 0.360. The summed E-state index contributed by atoms with van der Waals surface area (Å²) in [5.74, 6) is 2.83. The highest BCUT2D eigenvalue weighted by atomic mass is 32.2. The first kappa shape index (κ1) is 16.1. The van der Waals surface area contributed by atoms with Gasteiger partial charge in [0.2, 0.25) is 10.0 Å². The third-order valence-electron chi connectivity index (χ3n) is 2.44. The number of thioether (sulfide) groups is 2. The summed E-state index contributed by atoms with van der Waals surface area (Å²) in [7, 11) is -1.97. The quantitative estimate of drug-likeness (QED) is 0.698. The Bertz CT molecular complexity index is 352. The summed E-state index contributed by atoms with van der Waals surface area (Å²) in [4.78, 5) is 10.9. The Morgan fingerprint density at radius 3 is 2.83 bits per heavy atom. The first-order valence-electron chi connectivity index (χ1n) is 5.77. The lowest BCUT2D eigenvalue weighted by Gasteiger charge is -2.21. The van der Waals surface area contributed by atoms with E-state index in [9.17, 15) is 13.2 Å². The highest BCUT2D eigenvalue weighted by Gasteiger charge is 2.18. The third kappa shape index (κ3) is 6.86. The predicted octanol–water partition coefficient (Wildman–Crippen LogP) is 0.708. The zero-order valence-electron chi connectivity index (χ0n) is 10.4. The SMILES string of the molecule is COC(=O)CCCS(=O)(=O)NCC1CSCCS1. The largest absolute Gasteiger partial charge is 0.469 e. The average Bonchev–Trinajstić information content (AvgIpc) is 2.37. The van der Waals surface area contributed by atoms with Crippen LogP contribution in [0.2, 0.25) is 0 Å². The molecule has 0 aliphatic carbocycles. The summed E-state index contributed by atoms with van der Waals surface area (Å²) >= 11 is 3.68. The molecule has 1 aliphatic heterocycles. The topological polar surface area (TPSA) is 72.5 Å². The van der Waals surface area contributed by atoms with Crippen LogP contribution in [0, 0.1) is 0 Å². The molecule has 0 aromatic rings. The summed E-state index contributed by atoms with van der Waals surface area (Å²) in [6.45, 7) is 0.484. The second-order valence-corrected chi connectivity index (χ2v) is 8.40. The molecular formula is C10H19NO4S3. The van der Waals surface area contributed by atoms with E-state index in [1.165, 1.54) is 7.11 Å². The van der Waals surface area contributed by atoms with E-state index < -0.39 is 10.0 Å². The van der Waals surface area contributed by atoms with Crippen LogP contribution in [0.5, 0.6) is 0 Å². The molecule has 0 amide bonds. The van der Waals surface area contributed by atoms with E-state index >= 15 is 0 Å². The van der Waals surface area contributed by atoms with E-state index in [0.29, 0.717) is 18.2 Å². The summed E-state index contributed by atoms with van der Waals surface area (Å²) < 4.78 is 30.4. The summed E-state index contributed by atoms with van der Waals surface area (Å²) in [5.41, 5.74) is 0. The molecule has 1 N–H and O–H groups in total. The van der Waals surface area contributed by atoms with Crippen LogP contribution in [0.25, 0.3) is 0 Å². The number of carbonyl (C=O) groups is 1. The zero-order chi connectivity index (χ0) is 13.4. The average molecular weight is 313 g/mol. The van der Waals surface area contributed by atoms with Gasteiger partial charge in [-0.2, -0.15) is 23.5 Å². The second kappa shape index (κ2) is 8.29. The lowest BCUT2D eigenvalue weighted by atomic mass is 10.3. The molecule has 8 heteroatoms. The van der Waals surface area contributed by atoms with Gasteiger partial charge in [-0.15, -0.1) is 0 Å². The minimum atomic E-state index is -3.27. The number of methoxy groups -OCH3 is 1. The first-order valence-corrected chi connectivity index (χ1v) is 9.62. The molecule has 1 unspecified atom stereocenters. The third-order valence-corrected chi connectivity index (χ3v) is 6.71. The van der Waals surface area contributed by atoms with Gasteiger partial charge in [0.15, 0.2) is 0 Å². The lowest BCUT2D eigenvalue weighted by molar-refractivity contribution is -0.140. The van der Waals surface area contributed by atoms with Crippen molar-refractivity contribution < 1.29 is 17.9 Å². The second-order valence-electron chi connectivity index (χ2n) is 3.91. The molecule has 0 bridgehead atoms. The van der Waals surface area contributed by atoms with Crippen LogP contribution >= 0.6 is 23.5 Å². The number of nitrogens with one attached hydrogen (secondary N) is 1. The van der Waals surface area contributed by atoms with E-state index in [4.69, 9.17) is 0 Å². The molecule has 0 aromatic carbocycles. The Balaban J connectivity index is 2.20. The predicted molar refractivity (Wildman–Crippen MR) is 76.6 cm³/mol. The van der Waals surface area contributed by atoms with Crippen molar-refractivity contribution in [3.8, 4) is 0 Å². The smallest absolute Gasteiger partial charge is 0.305 e. The van der Waals surface area contributed by atoms with E-state index in [1.807, 2.05) is 23.5 Å². The first-order chi connectivity index (χ1) is 8.53. The van der Waals surface area contributed by atoms with Crippen LogP contribution in [0.15, 0.2) is 0 Å². The lowest BCUT2D eigenvalue weighted by Crippen LogP contribution is -2.34. The molecule has 0 spiro atoms. The molecule has 0 aromatic heterocycles. The van der Waals surface area contributed by atoms with Crippen molar-refractivity contribution in [3.63, 3.8) is 0 Å². The van der Waals surface area contributed by atoms with Crippen LogP contribution in [-0.2, 0) is 19.6 Å². The minimum absolute atomic E-state index is 0.0212. The van der Waals surface area contributed by atoms with Gasteiger partial charge >= 0.3 is 5.97 Å². The molecule has 0 radical (unpaired) electrons. The number of carbonyl (C=O) groups excluding carboxylic acids is 1. The van der Waals surface area contributed by atoms with Crippen LogP contribution in [0.4, 0.5) is 0 Å². The monoisotopic (exact) mass is 313 g/mol. The minimum Gasteiger partial charge on any atom is -0.469 e. The number of esters is 1. The molecule has 1 saturated heterocycles. The van der Waals surface area contributed by atoms with Crippen molar-refractivity contribution in [3.05, 3.63) is 0 Å². The highest BCUT2D eigenvalue weighted by Crippen LogP contribution is 2.23. The Morgan fingerprint density at radius 2 is 2.22 bits per heavy atom. The Hall–Kier alpha value is 0.0800. The van der Waals surface area contributed by atoms with E-state index in [-0.39, 0.29) is 18.1 Å². The molecule has 1 rings (SSSR count). The molecule has 1 fully saturated rings. The van der Waals surface area contributed by atoms with Gasteiger partial charge in [-0.1, -0.05) is 0 Å². The Morgan fingerprint density at radius 1 is 1.44 bits per heavy atom. The van der Waals surface area contributed by atoms with Crippen LogP contribution in [0.1, 0.15) is 12.8 Å². The molecule has 5 nitrogen and oxygen atoms in total. The number of ether oxygens (including phenoxy) is 1. The number of rotatable bonds is 7. The van der Waals surface area contributed by atoms with Gasteiger partial charge in [-0.25, -0.2) is 13.1 Å². The Kier molecular flexibility index (Phi) is 7.43. The standard InChI is InChI=1S/C10H19NO4S3/c1-15-10(12)3-2-6-18(13,14)11-7-9-8-16-4-5-17-9/h9,11H,2-8H2,1H3. The van der Waals surface area contributed by atoms with Crippen LogP contribution < -0.4 is 4.72 Å². The van der Waals surface area contributed by atoms with Gasteiger partial charge in [0.1, 0.15) is 0 Å². The zero-order valence-corrected chi connectivity index (χ0v) is 12.8. The highest BCUT2D eigenvalue weighted by molar-refractivity contribution is 8.06. The molecule has 1 aliphatic rings. The maximum Gasteiger partial charge on any atom is 0.305 e. The Labute approximate surface area is 117 Å². The molecule has 18 heavy (non-hydrogen) atoms. The fourth-order valence-electron chi connectivity index (χ4n) is 1.46. The van der Waals surface area contributed by atoms with Crippen molar-refractivity contribution in [2.24, 2.45) is 0 Å². The number of sulfonamides is 1. The number of hydrogen-bond donors (Lipinski definition) is 1. The molecule has 1 heterocycles. The molecular weight excluding hydrogens is 294 g/mol. The van der Waals surface area contributed by atoms with Gasteiger partial charge in [0.05, 0.1) is 12.9 Å². The van der Waals surface area contributed by atoms with Crippen molar-refractivity contribution in [2.75, 3.05) is 36.7 Å². The van der Waals surface area contributed by atoms with Gasteiger partial charge in [-0.05, 0) is 6.42 Å². The van der Waals surface area contributed by atoms with Gasteiger partial charge in [0, 0.05) is 35.5 Å². The summed E-state index contributed by atoms with van der Waals surface area (Å²) in [6.07, 6.45) is 0.444. The number of hydrogen-bond acceptors (Lipinski definition) is 6. The van der Waals surface area contributed by atoms with E-state index in [1.54, 1.807) is 0 Å². The maximum atomic E-state index is 11.7. The molecule has 1 atom stereocenters. The van der Waals surface area contributed by atoms with Crippen molar-refractivity contribution in [2.45, 2.75) is 18.1 Å². The fraction of sp³-hybridized carbons (Fsp3) is 0.900. The summed E-state index contributed by atoms with van der Waals surface area (Å²) in [6, 6.07) is 0. The fourth-order valence-corrected chi connectivity index (χ4v) is 5.30. The van der Waals surface area contributed by atoms with Crippen LogP contribution in [-0.4, -0.2) is 56.3 Å². The maximum absolute atomic E-state index is 11.7. The van der Waals surface area contributed by atoms with Gasteiger partial charge in [0.25, 0.3) is 0 Å². The van der Waals surface area contributed by atoms with Crippen molar-refractivity contribution in [1.29, 1.82) is 0 Å².